The molecule has 1 heteroatoms. The molecule has 0 aromatic rings. The third kappa shape index (κ3) is 7.63. The topological polar surface area (TPSA) is 17.1 Å². The van der Waals surface area contributed by atoms with Crippen molar-refractivity contribution in [2.24, 2.45) is 11.8 Å². The summed E-state index contributed by atoms with van der Waals surface area (Å²) in [4.78, 5) is 12.3. The Bertz CT molecular complexity index is 520. The van der Waals surface area contributed by atoms with Gasteiger partial charge in [0.15, 0.2) is 5.78 Å². The standard InChI is InChI=1S/C22H34O/c1-16(2)8-7-9-18(5)11-13-21-15-20(12-10-17(3)4)19(6)14-22(21)23/h8,10-11,14,20-21H,7,9,12-13,15H2,1-6H3/b18-11+/t20-,21-/m1/s1. The summed E-state index contributed by atoms with van der Waals surface area (Å²) in [6.45, 7) is 12.9. The van der Waals surface area contributed by atoms with Gasteiger partial charge in [0.25, 0.3) is 0 Å². The predicted octanol–water partition coefficient (Wildman–Crippen LogP) is 6.58. The van der Waals surface area contributed by atoms with Crippen LogP contribution in [0.15, 0.2) is 46.6 Å². The van der Waals surface area contributed by atoms with Gasteiger partial charge in [-0.1, -0.05) is 40.5 Å². The van der Waals surface area contributed by atoms with Crippen LogP contribution in [0.5, 0.6) is 0 Å². The maximum Gasteiger partial charge on any atom is 0.159 e. The van der Waals surface area contributed by atoms with E-state index >= 15 is 0 Å². The van der Waals surface area contributed by atoms with Crippen LogP contribution >= 0.6 is 0 Å². The van der Waals surface area contributed by atoms with Gasteiger partial charge in [0.1, 0.15) is 0 Å². The van der Waals surface area contributed by atoms with Crippen molar-refractivity contribution in [3.05, 3.63) is 46.6 Å². The lowest BCUT2D eigenvalue weighted by molar-refractivity contribution is -0.119. The molecule has 0 bridgehead atoms. The second-order valence-electron chi connectivity index (χ2n) is 7.54. The monoisotopic (exact) mass is 314 g/mol. The SMILES string of the molecule is CC(C)=CCC/C(C)=C/C[C@@H]1C[C@@H](CC=C(C)C)C(C)=CC1=O. The Morgan fingerprint density at radius 3 is 2.22 bits per heavy atom. The summed E-state index contributed by atoms with van der Waals surface area (Å²) in [5.74, 6) is 1.03. The predicted molar refractivity (Wildman–Crippen MR) is 101 cm³/mol. The highest BCUT2D eigenvalue weighted by molar-refractivity contribution is 5.93. The lowest BCUT2D eigenvalue weighted by Gasteiger charge is -2.26. The zero-order valence-electron chi connectivity index (χ0n) is 15.9. The van der Waals surface area contributed by atoms with E-state index in [0.717, 1.165) is 32.1 Å². The van der Waals surface area contributed by atoms with Crippen LogP contribution in [0.4, 0.5) is 0 Å². The quantitative estimate of drug-likeness (QED) is 0.485. The van der Waals surface area contributed by atoms with E-state index in [1.807, 2.05) is 6.08 Å². The number of hydrogen-bond donors (Lipinski definition) is 0. The van der Waals surface area contributed by atoms with Gasteiger partial charge in [-0.05, 0) is 85.6 Å². The Kier molecular flexibility index (Phi) is 8.30. The number of carbonyl (C=O) groups is 1. The average Bonchev–Trinajstić information content (AvgIpc) is 2.44. The van der Waals surface area contributed by atoms with Crippen LogP contribution in [0.2, 0.25) is 0 Å². The molecule has 1 nitrogen and oxygen atoms in total. The Hall–Kier alpha value is -1.37. The number of hydrogen-bond acceptors (Lipinski definition) is 1. The van der Waals surface area contributed by atoms with E-state index in [2.05, 4.69) is 59.8 Å². The van der Waals surface area contributed by atoms with Crippen molar-refractivity contribution in [1.29, 1.82) is 0 Å². The van der Waals surface area contributed by atoms with Crippen molar-refractivity contribution in [3.63, 3.8) is 0 Å². The Labute approximate surface area is 143 Å². The first-order valence-corrected chi connectivity index (χ1v) is 8.94. The summed E-state index contributed by atoms with van der Waals surface area (Å²) >= 11 is 0. The number of rotatable bonds is 7. The lowest BCUT2D eigenvalue weighted by Crippen LogP contribution is -2.22. The largest absolute Gasteiger partial charge is 0.295 e. The van der Waals surface area contributed by atoms with Crippen LogP contribution in [-0.4, -0.2) is 5.78 Å². The summed E-state index contributed by atoms with van der Waals surface area (Å²) in [6.07, 6.45) is 13.9. The summed E-state index contributed by atoms with van der Waals surface area (Å²) in [6, 6.07) is 0. The molecule has 0 unspecified atom stereocenters. The molecule has 0 aromatic carbocycles. The first-order chi connectivity index (χ1) is 10.8. The van der Waals surface area contributed by atoms with Crippen LogP contribution in [0.3, 0.4) is 0 Å². The number of ketones is 1. The molecular formula is C22H34O. The van der Waals surface area contributed by atoms with E-state index in [1.165, 1.54) is 22.3 Å². The van der Waals surface area contributed by atoms with E-state index < -0.39 is 0 Å². The van der Waals surface area contributed by atoms with Crippen LogP contribution in [-0.2, 0) is 4.79 Å². The van der Waals surface area contributed by atoms with Gasteiger partial charge in [-0.3, -0.25) is 4.79 Å². The van der Waals surface area contributed by atoms with Crippen molar-refractivity contribution in [3.8, 4) is 0 Å². The molecule has 0 saturated heterocycles. The molecule has 1 rings (SSSR count). The van der Waals surface area contributed by atoms with Crippen molar-refractivity contribution >= 4 is 5.78 Å². The van der Waals surface area contributed by atoms with Gasteiger partial charge in [-0.25, -0.2) is 0 Å². The van der Waals surface area contributed by atoms with Gasteiger partial charge in [0, 0.05) is 5.92 Å². The molecule has 128 valence electrons. The van der Waals surface area contributed by atoms with Crippen LogP contribution in [0.1, 0.15) is 73.6 Å². The van der Waals surface area contributed by atoms with Gasteiger partial charge >= 0.3 is 0 Å². The first kappa shape index (κ1) is 19.7. The molecule has 0 aromatic heterocycles. The molecule has 0 heterocycles. The van der Waals surface area contributed by atoms with Gasteiger partial charge in [0.2, 0.25) is 0 Å². The Morgan fingerprint density at radius 1 is 1.00 bits per heavy atom. The van der Waals surface area contributed by atoms with Crippen molar-refractivity contribution in [2.75, 3.05) is 0 Å². The third-order valence-electron chi connectivity index (χ3n) is 4.64. The van der Waals surface area contributed by atoms with E-state index in [4.69, 9.17) is 0 Å². The second-order valence-corrected chi connectivity index (χ2v) is 7.54. The maximum atomic E-state index is 12.3. The van der Waals surface area contributed by atoms with Crippen molar-refractivity contribution < 1.29 is 4.79 Å². The highest BCUT2D eigenvalue weighted by Gasteiger charge is 2.26. The minimum Gasteiger partial charge on any atom is -0.295 e. The van der Waals surface area contributed by atoms with E-state index in [9.17, 15) is 4.79 Å². The van der Waals surface area contributed by atoms with Gasteiger partial charge in [-0.2, -0.15) is 0 Å². The highest BCUT2D eigenvalue weighted by Crippen LogP contribution is 2.32. The summed E-state index contributed by atoms with van der Waals surface area (Å²) < 4.78 is 0. The number of carbonyl (C=O) groups excluding carboxylic acids is 1. The molecule has 0 amide bonds. The Morgan fingerprint density at radius 2 is 1.61 bits per heavy atom. The zero-order chi connectivity index (χ0) is 17.4. The Balaban J connectivity index is 2.61. The maximum absolute atomic E-state index is 12.3. The third-order valence-corrected chi connectivity index (χ3v) is 4.64. The first-order valence-electron chi connectivity index (χ1n) is 8.94. The molecule has 1 aliphatic rings. The molecule has 1 aliphatic carbocycles. The van der Waals surface area contributed by atoms with Gasteiger partial charge in [0.05, 0.1) is 0 Å². The van der Waals surface area contributed by atoms with Crippen LogP contribution in [0, 0.1) is 11.8 Å². The molecular weight excluding hydrogens is 280 g/mol. The molecule has 2 atom stereocenters. The van der Waals surface area contributed by atoms with E-state index in [-0.39, 0.29) is 5.92 Å². The second kappa shape index (κ2) is 9.70. The van der Waals surface area contributed by atoms with Gasteiger partial charge in [-0.15, -0.1) is 0 Å². The normalized spacial score (nSPS) is 21.7. The summed E-state index contributed by atoms with van der Waals surface area (Å²) in [5.41, 5.74) is 5.40. The molecule has 0 spiro atoms. The van der Waals surface area contributed by atoms with Crippen LogP contribution < -0.4 is 0 Å². The highest BCUT2D eigenvalue weighted by atomic mass is 16.1. The summed E-state index contributed by atoms with van der Waals surface area (Å²) in [5, 5.41) is 0. The molecule has 0 aliphatic heterocycles. The van der Waals surface area contributed by atoms with E-state index in [1.54, 1.807) is 0 Å². The number of allylic oxidation sites excluding steroid dienone is 8. The molecule has 0 N–H and O–H groups in total. The average molecular weight is 315 g/mol. The molecule has 23 heavy (non-hydrogen) atoms. The zero-order valence-corrected chi connectivity index (χ0v) is 15.9. The van der Waals surface area contributed by atoms with Crippen molar-refractivity contribution in [1.82, 2.24) is 0 Å². The minimum atomic E-state index is 0.174. The van der Waals surface area contributed by atoms with Crippen molar-refractivity contribution in [2.45, 2.75) is 73.6 Å². The minimum absolute atomic E-state index is 0.174. The van der Waals surface area contributed by atoms with Gasteiger partial charge < -0.3 is 0 Å². The van der Waals surface area contributed by atoms with E-state index in [0.29, 0.717) is 11.7 Å². The lowest BCUT2D eigenvalue weighted by atomic mass is 9.77. The summed E-state index contributed by atoms with van der Waals surface area (Å²) in [7, 11) is 0. The fourth-order valence-electron chi connectivity index (χ4n) is 3.01. The fraction of sp³-hybridized carbons (Fsp3) is 0.591. The van der Waals surface area contributed by atoms with Crippen LogP contribution in [0.25, 0.3) is 0 Å². The fourth-order valence-corrected chi connectivity index (χ4v) is 3.01. The molecule has 0 saturated carbocycles. The molecule has 0 radical (unpaired) electrons. The smallest absolute Gasteiger partial charge is 0.159 e. The molecule has 0 fully saturated rings.